The molecular weight excluding hydrogens is 1150 g/mol. The standard InChI is InChI=1S/C85H52N2O2S2/c1-85-41-13-12-36-80(85)87(75-33-9-6-30-72(75)85)57-45-53(51-38-40-77-71(49-51)65-25-15-23-63(82(65)89-77)69-29-17-27-67-61-21-5-11-35-79(61)91-84(67)69)43-55(47-57)54-42-52(44-56(46-54)86-73-31-7-2-18-58(73)59-19-3-8-32-74(59)86)50-37-39-76-70(48-50)64-24-14-22-62(81(64)88-76)68-28-16-26-66-60-20-4-10-34-78(60)90-83(66)68/h2-49,80H,1H3. The average molecular weight is 1200 g/mol. The van der Waals surface area contributed by atoms with Gasteiger partial charge in [-0.05, 0) is 137 Å². The lowest BCUT2D eigenvalue weighted by Gasteiger charge is -2.35. The SMILES string of the molecule is CC12C=CC=CC1N(c1cc(-c3cc(-c4ccc5oc6c(-c7cccc8c7sc7ccccc78)cccc6c5c4)cc(-n4c5ccccc5c5ccccc54)c3)cc(-c3ccc4oc5c(-c6cccc7c6sc6ccccc67)cccc5c4c3)c1)c1ccccc12. The molecule has 2 unspecified atom stereocenters. The number of para-hydroxylation sites is 5. The molecule has 4 nitrogen and oxygen atoms in total. The highest BCUT2D eigenvalue weighted by atomic mass is 32.1. The zero-order chi connectivity index (χ0) is 59.6. The van der Waals surface area contributed by atoms with Crippen LogP contribution in [0.25, 0.3) is 167 Å². The highest BCUT2D eigenvalue weighted by molar-refractivity contribution is 7.26. The van der Waals surface area contributed by atoms with Crippen molar-refractivity contribution in [3.05, 3.63) is 297 Å². The molecule has 2 aliphatic rings. The lowest BCUT2D eigenvalue weighted by molar-refractivity contribution is 0.551. The number of anilines is 2. The maximum atomic E-state index is 7.00. The van der Waals surface area contributed by atoms with E-state index in [1.54, 1.807) is 0 Å². The Morgan fingerprint density at radius 2 is 0.802 bits per heavy atom. The zero-order valence-corrected chi connectivity index (χ0v) is 51.0. The van der Waals surface area contributed by atoms with Gasteiger partial charge >= 0.3 is 0 Å². The van der Waals surface area contributed by atoms with Crippen LogP contribution in [0.3, 0.4) is 0 Å². The number of fused-ring (bicyclic) bond motifs is 18. The van der Waals surface area contributed by atoms with Crippen molar-refractivity contribution in [2.24, 2.45) is 0 Å². The molecule has 13 aromatic carbocycles. The van der Waals surface area contributed by atoms with Gasteiger partial charge in [-0.15, -0.1) is 22.7 Å². The number of hydrogen-bond acceptors (Lipinski definition) is 5. The second kappa shape index (κ2) is 19.2. The fourth-order valence-corrected chi connectivity index (χ4v) is 18.0. The van der Waals surface area contributed by atoms with Crippen LogP contribution in [0.4, 0.5) is 11.4 Å². The van der Waals surface area contributed by atoms with Crippen LogP contribution in [0.15, 0.2) is 300 Å². The maximum Gasteiger partial charge on any atom is 0.143 e. The van der Waals surface area contributed by atoms with Crippen LogP contribution >= 0.6 is 22.7 Å². The number of hydrogen-bond donors (Lipinski definition) is 0. The van der Waals surface area contributed by atoms with Crippen molar-refractivity contribution in [1.29, 1.82) is 0 Å². The molecule has 2 atom stereocenters. The number of aromatic nitrogens is 1. The molecule has 0 amide bonds. The summed E-state index contributed by atoms with van der Waals surface area (Å²) in [5.74, 6) is 0. The van der Waals surface area contributed by atoms with Crippen molar-refractivity contribution in [2.75, 3.05) is 4.90 Å². The Morgan fingerprint density at radius 3 is 1.36 bits per heavy atom. The Kier molecular flexibility index (Phi) is 10.8. The van der Waals surface area contributed by atoms with Gasteiger partial charge in [0, 0.05) is 117 Å². The van der Waals surface area contributed by atoms with Gasteiger partial charge in [-0.1, -0.05) is 200 Å². The molecule has 0 spiro atoms. The second-order valence-electron chi connectivity index (χ2n) is 24.8. The lowest BCUT2D eigenvalue weighted by Crippen LogP contribution is -2.39. The van der Waals surface area contributed by atoms with E-state index < -0.39 is 0 Å². The summed E-state index contributed by atoms with van der Waals surface area (Å²) in [6.45, 7) is 2.39. The monoisotopic (exact) mass is 1200 g/mol. The molecule has 1 aliphatic heterocycles. The Balaban J connectivity index is 0.801. The molecule has 426 valence electrons. The lowest BCUT2D eigenvalue weighted by atomic mass is 9.76. The molecule has 0 N–H and O–H groups in total. The molecule has 20 rings (SSSR count). The summed E-state index contributed by atoms with van der Waals surface area (Å²) in [6, 6.07) is 98.9. The van der Waals surface area contributed by atoms with E-state index in [0.717, 1.165) is 111 Å². The third-order valence-electron chi connectivity index (χ3n) is 19.8. The highest BCUT2D eigenvalue weighted by Gasteiger charge is 2.46. The van der Waals surface area contributed by atoms with Crippen LogP contribution < -0.4 is 4.90 Å². The normalized spacial score (nSPS) is 15.6. The largest absolute Gasteiger partial charge is 0.455 e. The molecule has 18 aromatic rings. The minimum absolute atomic E-state index is 0.0523. The topological polar surface area (TPSA) is 34.5 Å². The first-order chi connectivity index (χ1) is 45.0. The summed E-state index contributed by atoms with van der Waals surface area (Å²) in [5.41, 5.74) is 21.6. The Labute approximate surface area is 531 Å². The van der Waals surface area contributed by atoms with Gasteiger partial charge < -0.3 is 18.3 Å². The summed E-state index contributed by atoms with van der Waals surface area (Å²) >= 11 is 3.71. The number of benzene rings is 13. The van der Waals surface area contributed by atoms with Gasteiger partial charge in [-0.25, -0.2) is 0 Å². The summed E-state index contributed by atoms with van der Waals surface area (Å²) in [4.78, 5) is 2.58. The fourth-order valence-electron chi connectivity index (χ4n) is 15.6. The van der Waals surface area contributed by atoms with Gasteiger partial charge in [0.15, 0.2) is 0 Å². The van der Waals surface area contributed by atoms with Crippen molar-refractivity contribution in [2.45, 2.75) is 18.4 Å². The summed E-state index contributed by atoms with van der Waals surface area (Å²) < 4.78 is 21.6. The molecule has 0 radical (unpaired) electrons. The van der Waals surface area contributed by atoms with Crippen LogP contribution in [0.1, 0.15) is 12.5 Å². The summed E-state index contributed by atoms with van der Waals surface area (Å²) in [5, 5.41) is 11.9. The van der Waals surface area contributed by atoms with Gasteiger partial charge in [-0.2, -0.15) is 0 Å². The Bertz CT molecular complexity index is 6160. The second-order valence-corrected chi connectivity index (χ2v) is 26.9. The average Bonchev–Trinajstić information content (AvgIpc) is 1.65. The first-order valence-corrected chi connectivity index (χ1v) is 32.9. The smallest absolute Gasteiger partial charge is 0.143 e. The van der Waals surface area contributed by atoms with Gasteiger partial charge in [-0.3, -0.25) is 0 Å². The van der Waals surface area contributed by atoms with Gasteiger partial charge in [0.1, 0.15) is 22.3 Å². The van der Waals surface area contributed by atoms with Crippen LogP contribution in [0, 0.1) is 0 Å². The molecule has 6 heteroatoms. The molecule has 91 heavy (non-hydrogen) atoms. The molecule has 0 fully saturated rings. The number of nitrogens with zero attached hydrogens (tertiary/aromatic N) is 2. The van der Waals surface area contributed by atoms with Gasteiger partial charge in [0.05, 0.1) is 17.1 Å². The van der Waals surface area contributed by atoms with Crippen molar-refractivity contribution in [3.63, 3.8) is 0 Å². The molecule has 0 saturated carbocycles. The van der Waals surface area contributed by atoms with Crippen molar-refractivity contribution in [3.8, 4) is 61.3 Å². The zero-order valence-electron chi connectivity index (χ0n) is 49.3. The van der Waals surface area contributed by atoms with E-state index in [-0.39, 0.29) is 11.5 Å². The minimum Gasteiger partial charge on any atom is -0.455 e. The molecule has 6 heterocycles. The van der Waals surface area contributed by atoms with Gasteiger partial charge in [0.2, 0.25) is 0 Å². The number of allylic oxidation sites excluding steroid dienone is 2. The third kappa shape index (κ3) is 7.49. The van der Waals surface area contributed by atoms with Crippen molar-refractivity contribution >= 4 is 140 Å². The molecule has 0 bridgehead atoms. The van der Waals surface area contributed by atoms with E-state index in [4.69, 9.17) is 8.83 Å². The maximum absolute atomic E-state index is 7.00. The molecule has 0 saturated heterocycles. The predicted molar refractivity (Wildman–Crippen MR) is 386 cm³/mol. The number of thiophene rings is 2. The van der Waals surface area contributed by atoms with E-state index in [9.17, 15) is 0 Å². The first-order valence-electron chi connectivity index (χ1n) is 31.2. The predicted octanol–water partition coefficient (Wildman–Crippen LogP) is 24.6. The van der Waals surface area contributed by atoms with Crippen molar-refractivity contribution < 1.29 is 8.83 Å². The molecular formula is C85H52N2O2S2. The molecule has 1 aliphatic carbocycles. The minimum atomic E-state index is -0.236. The summed E-state index contributed by atoms with van der Waals surface area (Å²) in [6.07, 6.45) is 9.21. The number of furan rings is 2. The quantitative estimate of drug-likeness (QED) is 0.159. The van der Waals surface area contributed by atoms with E-state index in [2.05, 4.69) is 308 Å². The van der Waals surface area contributed by atoms with Crippen LogP contribution in [0.2, 0.25) is 0 Å². The van der Waals surface area contributed by atoms with E-state index >= 15 is 0 Å². The van der Waals surface area contributed by atoms with Crippen LogP contribution in [-0.2, 0) is 5.41 Å². The van der Waals surface area contributed by atoms with E-state index in [1.807, 2.05) is 22.7 Å². The Morgan fingerprint density at radius 1 is 0.352 bits per heavy atom. The van der Waals surface area contributed by atoms with Crippen molar-refractivity contribution in [1.82, 2.24) is 4.57 Å². The Hall–Kier alpha value is -11.0. The highest BCUT2D eigenvalue weighted by Crippen LogP contribution is 2.54. The summed E-state index contributed by atoms with van der Waals surface area (Å²) in [7, 11) is 0. The van der Waals surface area contributed by atoms with E-state index in [1.165, 1.54) is 73.5 Å². The molecule has 5 aromatic heterocycles. The first kappa shape index (κ1) is 50.9. The number of rotatable bonds is 7. The van der Waals surface area contributed by atoms with E-state index in [0.29, 0.717) is 0 Å². The van der Waals surface area contributed by atoms with Crippen LogP contribution in [0.5, 0.6) is 0 Å². The van der Waals surface area contributed by atoms with Crippen LogP contribution in [-0.4, -0.2) is 10.6 Å². The fraction of sp³-hybridized carbons (Fsp3) is 0.0353. The third-order valence-corrected chi connectivity index (χ3v) is 22.3. The van der Waals surface area contributed by atoms with Gasteiger partial charge in [0.25, 0.3) is 0 Å².